The van der Waals surface area contributed by atoms with Gasteiger partial charge in [-0.2, -0.15) is 0 Å². The predicted molar refractivity (Wildman–Crippen MR) is 84.8 cm³/mol. The fourth-order valence-electron chi connectivity index (χ4n) is 3.94. The lowest BCUT2D eigenvalue weighted by Crippen LogP contribution is -2.58. The number of carbonyl (C=O) groups excluding carboxylic acids is 1. The van der Waals surface area contributed by atoms with E-state index in [1.54, 1.807) is 23.4 Å². The average Bonchev–Trinajstić information content (AvgIpc) is 3.28. The molecule has 1 unspecified atom stereocenters. The molecule has 3 heterocycles. The number of piperidine rings is 1. The van der Waals surface area contributed by atoms with Crippen molar-refractivity contribution >= 4 is 11.9 Å². The third-order valence-electron chi connectivity index (χ3n) is 5.67. The summed E-state index contributed by atoms with van der Waals surface area (Å²) in [5.41, 5.74) is -1.18. The van der Waals surface area contributed by atoms with E-state index in [0.29, 0.717) is 31.3 Å². The number of halogens is 2. The molecular weight excluding hydrogens is 314 g/mol. The molecule has 0 bridgehead atoms. The second kappa shape index (κ2) is 5.63. The minimum atomic E-state index is -2.76. The third kappa shape index (κ3) is 2.74. The van der Waals surface area contributed by atoms with Gasteiger partial charge in [-0.25, -0.2) is 18.7 Å². The molecule has 0 N–H and O–H groups in total. The molecule has 2 aliphatic heterocycles. The van der Waals surface area contributed by atoms with Crippen LogP contribution < -0.4 is 4.90 Å². The van der Waals surface area contributed by atoms with Crippen LogP contribution in [0.15, 0.2) is 18.5 Å². The van der Waals surface area contributed by atoms with Crippen LogP contribution in [0.4, 0.5) is 14.7 Å². The molecule has 130 valence electrons. The maximum absolute atomic E-state index is 14.8. The molecule has 5 nitrogen and oxygen atoms in total. The second-order valence-electron chi connectivity index (χ2n) is 7.42. The molecule has 1 atom stereocenters. The van der Waals surface area contributed by atoms with E-state index in [2.05, 4.69) is 9.97 Å². The molecule has 24 heavy (non-hydrogen) atoms. The van der Waals surface area contributed by atoms with E-state index in [0.717, 1.165) is 12.8 Å². The highest BCUT2D eigenvalue weighted by Gasteiger charge is 2.60. The largest absolute Gasteiger partial charge is 0.342 e. The Bertz CT molecular complexity index is 622. The number of aromatic nitrogens is 2. The van der Waals surface area contributed by atoms with Gasteiger partial charge < -0.3 is 9.80 Å². The summed E-state index contributed by atoms with van der Waals surface area (Å²) >= 11 is 0. The summed E-state index contributed by atoms with van der Waals surface area (Å²) in [6.07, 6.45) is 6.08. The molecule has 3 fully saturated rings. The number of anilines is 1. The predicted octanol–water partition coefficient (Wildman–Crippen LogP) is 2.34. The van der Waals surface area contributed by atoms with Crippen molar-refractivity contribution in [1.82, 2.24) is 14.9 Å². The molecule has 1 aromatic rings. The highest BCUT2D eigenvalue weighted by atomic mass is 19.3. The fraction of sp³-hybridized carbons (Fsp3) is 0.706. The lowest BCUT2D eigenvalue weighted by Gasteiger charge is -2.45. The van der Waals surface area contributed by atoms with Crippen molar-refractivity contribution in [3.05, 3.63) is 18.5 Å². The Morgan fingerprint density at radius 2 is 1.92 bits per heavy atom. The Morgan fingerprint density at radius 1 is 1.17 bits per heavy atom. The lowest BCUT2D eigenvalue weighted by molar-refractivity contribution is -0.169. The molecule has 1 amide bonds. The van der Waals surface area contributed by atoms with Gasteiger partial charge in [0.15, 0.2) is 0 Å². The number of hydrogen-bond acceptors (Lipinski definition) is 4. The monoisotopic (exact) mass is 336 g/mol. The van der Waals surface area contributed by atoms with Gasteiger partial charge >= 0.3 is 0 Å². The standard InChI is InChI=1S/C17H22F2N4O/c18-17(19)5-9-22(14(24)10-13-2-3-13)11-16(17)4-8-23(12-16)15-20-6-1-7-21-15/h1,6-7,13H,2-5,8-12H2. The van der Waals surface area contributed by atoms with E-state index in [1.807, 2.05) is 4.90 Å². The summed E-state index contributed by atoms with van der Waals surface area (Å²) < 4.78 is 29.5. The molecule has 2 saturated heterocycles. The Labute approximate surface area is 140 Å². The van der Waals surface area contributed by atoms with Gasteiger partial charge in [0, 0.05) is 51.4 Å². The van der Waals surface area contributed by atoms with Gasteiger partial charge in [-0.05, 0) is 31.2 Å². The van der Waals surface area contributed by atoms with E-state index >= 15 is 0 Å². The first-order valence-corrected chi connectivity index (χ1v) is 8.67. The molecule has 1 spiro atoms. The van der Waals surface area contributed by atoms with Crippen molar-refractivity contribution in [1.29, 1.82) is 0 Å². The molecule has 1 saturated carbocycles. The lowest BCUT2D eigenvalue weighted by atomic mass is 9.75. The molecule has 1 aliphatic carbocycles. The average molecular weight is 336 g/mol. The molecule has 7 heteroatoms. The first kappa shape index (κ1) is 15.7. The number of hydrogen-bond donors (Lipinski definition) is 0. The van der Waals surface area contributed by atoms with Crippen molar-refractivity contribution in [2.24, 2.45) is 11.3 Å². The number of likely N-dealkylation sites (tertiary alicyclic amines) is 1. The minimum absolute atomic E-state index is 0.0433. The van der Waals surface area contributed by atoms with Crippen LogP contribution in [0, 0.1) is 11.3 Å². The Kier molecular flexibility index (Phi) is 3.69. The Balaban J connectivity index is 1.51. The van der Waals surface area contributed by atoms with Gasteiger partial charge in [0.1, 0.15) is 0 Å². The maximum Gasteiger partial charge on any atom is 0.258 e. The van der Waals surface area contributed by atoms with Gasteiger partial charge in [-0.3, -0.25) is 4.79 Å². The number of rotatable bonds is 3. The minimum Gasteiger partial charge on any atom is -0.342 e. The first-order valence-electron chi connectivity index (χ1n) is 8.67. The molecular formula is C17H22F2N4O. The fourth-order valence-corrected chi connectivity index (χ4v) is 3.94. The summed E-state index contributed by atoms with van der Waals surface area (Å²) in [4.78, 5) is 24.2. The smallest absolute Gasteiger partial charge is 0.258 e. The summed E-state index contributed by atoms with van der Waals surface area (Å²) in [5, 5.41) is 0. The zero-order chi connectivity index (χ0) is 16.8. The van der Waals surface area contributed by atoms with Crippen LogP contribution >= 0.6 is 0 Å². The van der Waals surface area contributed by atoms with Gasteiger partial charge in [0.05, 0.1) is 5.41 Å². The highest BCUT2D eigenvalue weighted by molar-refractivity contribution is 5.77. The van der Waals surface area contributed by atoms with Gasteiger partial charge in [-0.15, -0.1) is 0 Å². The van der Waals surface area contributed by atoms with Gasteiger partial charge in [0.2, 0.25) is 11.9 Å². The summed E-state index contributed by atoms with van der Waals surface area (Å²) in [6, 6.07) is 1.71. The highest BCUT2D eigenvalue weighted by Crippen LogP contribution is 2.50. The van der Waals surface area contributed by atoms with Crippen molar-refractivity contribution in [3.63, 3.8) is 0 Å². The normalized spacial score (nSPS) is 29.2. The molecule has 4 rings (SSSR count). The van der Waals surface area contributed by atoms with E-state index in [-0.39, 0.29) is 32.0 Å². The van der Waals surface area contributed by atoms with E-state index in [1.165, 1.54) is 0 Å². The zero-order valence-corrected chi connectivity index (χ0v) is 13.6. The number of nitrogens with zero attached hydrogens (tertiary/aromatic N) is 4. The van der Waals surface area contributed by atoms with Crippen molar-refractivity contribution < 1.29 is 13.6 Å². The van der Waals surface area contributed by atoms with Crippen LogP contribution in [0.3, 0.4) is 0 Å². The Morgan fingerprint density at radius 3 is 2.62 bits per heavy atom. The third-order valence-corrected chi connectivity index (χ3v) is 5.67. The van der Waals surface area contributed by atoms with Crippen LogP contribution in [0.5, 0.6) is 0 Å². The van der Waals surface area contributed by atoms with Gasteiger partial charge in [-0.1, -0.05) is 0 Å². The summed E-state index contributed by atoms with van der Waals surface area (Å²) in [7, 11) is 0. The van der Waals surface area contributed by atoms with Crippen molar-refractivity contribution in [2.45, 2.75) is 38.0 Å². The molecule has 3 aliphatic rings. The quantitative estimate of drug-likeness (QED) is 0.850. The molecule has 0 radical (unpaired) electrons. The SMILES string of the molecule is O=C(CC1CC1)N1CCC(F)(F)C2(CCN(c3ncccn3)C2)C1. The summed E-state index contributed by atoms with van der Waals surface area (Å²) in [6.45, 7) is 1.03. The molecule has 0 aromatic carbocycles. The van der Waals surface area contributed by atoms with E-state index in [4.69, 9.17) is 0 Å². The molecule has 1 aromatic heterocycles. The zero-order valence-electron chi connectivity index (χ0n) is 13.6. The van der Waals surface area contributed by atoms with Crippen LogP contribution in [-0.2, 0) is 4.79 Å². The van der Waals surface area contributed by atoms with Crippen LogP contribution in [0.1, 0.15) is 32.1 Å². The summed E-state index contributed by atoms with van der Waals surface area (Å²) in [5.74, 6) is -1.74. The van der Waals surface area contributed by atoms with Gasteiger partial charge in [0.25, 0.3) is 5.92 Å². The van der Waals surface area contributed by atoms with Crippen LogP contribution in [0.2, 0.25) is 0 Å². The van der Waals surface area contributed by atoms with E-state index in [9.17, 15) is 13.6 Å². The van der Waals surface area contributed by atoms with Crippen LogP contribution in [0.25, 0.3) is 0 Å². The second-order valence-corrected chi connectivity index (χ2v) is 7.42. The number of carbonyl (C=O) groups is 1. The topological polar surface area (TPSA) is 49.3 Å². The maximum atomic E-state index is 14.8. The first-order chi connectivity index (χ1) is 11.5. The Hall–Kier alpha value is -1.79. The van der Waals surface area contributed by atoms with E-state index < -0.39 is 11.3 Å². The number of alkyl halides is 2. The number of amides is 1. The van der Waals surface area contributed by atoms with Crippen LogP contribution in [-0.4, -0.2) is 52.9 Å². The van der Waals surface area contributed by atoms with Crippen molar-refractivity contribution in [3.8, 4) is 0 Å². The van der Waals surface area contributed by atoms with Crippen molar-refractivity contribution in [2.75, 3.05) is 31.1 Å².